The number of nitriles is 1. The quantitative estimate of drug-likeness (QED) is 0.0616. The van der Waals surface area contributed by atoms with Crippen molar-refractivity contribution in [2.45, 2.75) is 13.8 Å². The lowest BCUT2D eigenvalue weighted by Gasteiger charge is -2.24. The largest absolute Gasteiger partial charge is 0.494 e. The van der Waals surface area contributed by atoms with Crippen LogP contribution in [-0.2, 0) is 0 Å². The molecule has 8 nitrogen and oxygen atoms in total. The summed E-state index contributed by atoms with van der Waals surface area (Å²) in [7, 11) is 0. The van der Waals surface area contributed by atoms with Crippen LogP contribution in [0.3, 0.4) is 0 Å². The molecule has 0 aliphatic heterocycles. The van der Waals surface area contributed by atoms with Crippen molar-refractivity contribution in [2.75, 3.05) is 13.2 Å². The Kier molecular flexibility index (Phi) is 18.7. The first kappa shape index (κ1) is 59.6. The second-order valence-corrected chi connectivity index (χ2v) is 22.3. The predicted octanol–water partition coefficient (Wildman–Crippen LogP) is 10.9. The third-order valence-corrected chi connectivity index (χ3v) is 16.8. The maximum atomic E-state index is 12.4. The van der Waals surface area contributed by atoms with Crippen molar-refractivity contribution in [3.05, 3.63) is 251 Å². The molecule has 0 saturated carbocycles. The molecule has 92 heavy (non-hydrogen) atoms. The number of nitrogens with zero attached hydrogens (tertiary/aromatic N) is 6. The van der Waals surface area contributed by atoms with Crippen LogP contribution in [-0.4, -0.2) is 45.8 Å². The van der Waals surface area contributed by atoms with Crippen molar-refractivity contribution in [1.29, 1.82) is 5.26 Å². The van der Waals surface area contributed by atoms with Crippen LogP contribution in [0.4, 0.5) is 0 Å². The standard InChI is InChI=1S/C80H46B2N6O2S2/c1-4-6-7-8-9-10-11-12-13-14-15-16-17-18-19-36-55-90-66-50-38-40-60(57-66)75-72-73(78(74(84-3)80-86-69-52-33-35-54-71(69)92-80)88(75)82(63-45-28-22-29-46-63)64-47-30-23-31-48-64)76(59-39-37-49-65(56-59)89-5-2)87(81(61-41-24-20-25-42-61)62-43-26-21-27-44-62)77(72)67(58-83)79-85-68-51-32-34-53-70(68)91-79/h20-35,37-54,56-57H,5,55H2,1-2H3/b77-67-,78-74+. The Morgan fingerprint density at radius 1 is 0.478 bits per heavy atom. The van der Waals surface area contributed by atoms with E-state index >= 15 is 0 Å². The van der Waals surface area contributed by atoms with E-state index in [1.54, 1.807) is 6.92 Å². The van der Waals surface area contributed by atoms with Gasteiger partial charge in [0, 0.05) is 38.6 Å². The van der Waals surface area contributed by atoms with E-state index in [0.717, 1.165) is 59.1 Å². The summed E-state index contributed by atoms with van der Waals surface area (Å²) in [5, 5.41) is 16.1. The topological polar surface area (TPSA) is 82.2 Å². The van der Waals surface area contributed by atoms with Crippen molar-refractivity contribution < 1.29 is 9.47 Å². The molecule has 12 aromatic rings. The van der Waals surface area contributed by atoms with E-state index in [1.165, 1.54) is 22.7 Å². The van der Waals surface area contributed by atoms with Crippen LogP contribution in [0.2, 0.25) is 0 Å². The number of fused-ring (bicyclic) bond motifs is 3. The van der Waals surface area contributed by atoms with E-state index in [1.807, 2.05) is 159 Å². The molecule has 0 saturated heterocycles. The number of para-hydroxylation sites is 2. The zero-order chi connectivity index (χ0) is 62.9. The van der Waals surface area contributed by atoms with E-state index < -0.39 is 13.7 Å². The van der Waals surface area contributed by atoms with E-state index in [4.69, 9.17) is 19.4 Å². The zero-order valence-electron chi connectivity index (χ0n) is 49.7. The molecule has 0 atom stereocenters. The van der Waals surface area contributed by atoms with Crippen molar-refractivity contribution >= 4 is 101 Å². The van der Waals surface area contributed by atoms with Gasteiger partial charge in [-0.3, -0.25) is 0 Å². The number of rotatable bonds is 14. The molecule has 426 valence electrons. The summed E-state index contributed by atoms with van der Waals surface area (Å²) < 4.78 is 19.4. The highest BCUT2D eigenvalue weighted by molar-refractivity contribution is 7.20. The molecule has 8 aromatic carbocycles. The summed E-state index contributed by atoms with van der Waals surface area (Å²) >= 11 is 2.94. The van der Waals surface area contributed by atoms with E-state index in [9.17, 15) is 11.8 Å². The first-order chi connectivity index (χ1) is 45.6. The second kappa shape index (κ2) is 28.9. The Morgan fingerprint density at radius 3 is 1.33 bits per heavy atom. The van der Waals surface area contributed by atoms with Crippen molar-refractivity contribution in [1.82, 2.24) is 18.9 Å². The van der Waals surface area contributed by atoms with Gasteiger partial charge in [0.1, 0.15) is 39.8 Å². The first-order valence-corrected chi connectivity index (χ1v) is 30.8. The van der Waals surface area contributed by atoms with Gasteiger partial charge in [0.05, 0.1) is 39.0 Å². The van der Waals surface area contributed by atoms with Crippen LogP contribution in [0, 0.1) is 113 Å². The fourth-order valence-corrected chi connectivity index (χ4v) is 13.0. The SMILES string of the molecule is [C-]#[N+]/C(c1nc2ccccc2s1)=c1\c2c(-c3cccc(OCC)c3)n(B(c3ccccc3)c3ccccc3)/c(=C(/C#N)c3nc4ccccc4s3)c2c(-c2cccc(OCC#CC#CC#CC#CC#CC#CC#CC#CC)c2)n1B(c1ccccc1)c1ccccc1. The lowest BCUT2D eigenvalue weighted by atomic mass is 9.50. The molecule has 0 aliphatic carbocycles. The summed E-state index contributed by atoms with van der Waals surface area (Å²) in [4.78, 5) is 15.3. The summed E-state index contributed by atoms with van der Waals surface area (Å²) in [6.07, 6.45) is 0. The Bertz CT molecular complexity index is 5360. The fourth-order valence-electron chi connectivity index (χ4n) is 11.1. The van der Waals surface area contributed by atoms with Crippen molar-refractivity contribution in [2.24, 2.45) is 0 Å². The van der Waals surface area contributed by atoms with Crippen molar-refractivity contribution in [3.63, 3.8) is 0 Å². The fraction of sp³-hybridized carbons (Fsp3) is 0.0500. The molecule has 0 aliphatic rings. The molecule has 0 bridgehead atoms. The van der Waals surface area contributed by atoms with Gasteiger partial charge in [0.2, 0.25) is 5.70 Å². The lowest BCUT2D eigenvalue weighted by Crippen LogP contribution is -2.54. The van der Waals surface area contributed by atoms with E-state index in [2.05, 4.69) is 181 Å². The molecule has 0 unspecified atom stereocenters. The van der Waals surface area contributed by atoms with Crippen LogP contribution in [0.25, 0.3) is 69.8 Å². The molecular formula is C80H46B2N6O2S2. The maximum Gasteiger partial charge on any atom is 0.328 e. The number of benzene rings is 8. The maximum absolute atomic E-state index is 12.4. The monoisotopic (exact) mass is 1210 g/mol. The van der Waals surface area contributed by atoms with Gasteiger partial charge < -0.3 is 18.4 Å². The molecule has 12 rings (SSSR count). The van der Waals surface area contributed by atoms with E-state index in [0.29, 0.717) is 66.6 Å². The number of thiazole rings is 2. The zero-order valence-corrected chi connectivity index (χ0v) is 51.3. The van der Waals surface area contributed by atoms with E-state index in [-0.39, 0.29) is 6.61 Å². The molecule has 0 amide bonds. The smallest absolute Gasteiger partial charge is 0.328 e. The van der Waals surface area contributed by atoms with Gasteiger partial charge in [0.25, 0.3) is 0 Å². The number of aromatic nitrogens is 4. The molecule has 4 heterocycles. The third-order valence-electron chi connectivity index (χ3n) is 14.7. The Balaban J connectivity index is 1.23. The highest BCUT2D eigenvalue weighted by Gasteiger charge is 2.38. The molecule has 0 fully saturated rings. The summed E-state index contributed by atoms with van der Waals surface area (Å²) in [6, 6.07) is 76.3. The first-order valence-electron chi connectivity index (χ1n) is 29.2. The van der Waals surface area contributed by atoms with Gasteiger partial charge in [-0.15, -0.1) is 22.7 Å². The van der Waals surface area contributed by atoms with Gasteiger partial charge in [-0.1, -0.05) is 198 Å². The highest BCUT2D eigenvalue weighted by atomic mass is 32.1. The summed E-state index contributed by atoms with van der Waals surface area (Å²) in [5.41, 5.74) is 8.95. The van der Waals surface area contributed by atoms with Gasteiger partial charge in [0.15, 0.2) is 0 Å². The van der Waals surface area contributed by atoms with Crippen molar-refractivity contribution in [3.8, 4) is 135 Å². The van der Waals surface area contributed by atoms with Gasteiger partial charge in [-0.2, -0.15) is 5.26 Å². The Morgan fingerprint density at radius 2 is 0.880 bits per heavy atom. The predicted molar refractivity (Wildman–Crippen MR) is 378 cm³/mol. The normalized spacial score (nSPS) is 10.7. The number of ether oxygens (including phenoxy) is 2. The average Bonchev–Trinajstić information content (AvgIpc) is 1.52. The Labute approximate surface area is 543 Å². The van der Waals surface area contributed by atoms with Gasteiger partial charge in [-0.05, 0) is 151 Å². The van der Waals surface area contributed by atoms with Crippen LogP contribution < -0.4 is 42.0 Å². The lowest BCUT2D eigenvalue weighted by molar-refractivity contribution is 0.340. The minimum absolute atomic E-state index is 0.00921. The molecule has 0 N–H and O–H groups in total. The molecule has 4 aromatic heterocycles. The second-order valence-electron chi connectivity index (χ2n) is 20.2. The van der Waals surface area contributed by atoms with Gasteiger partial charge >= 0.3 is 13.7 Å². The summed E-state index contributed by atoms with van der Waals surface area (Å²) in [5.74, 6) is 44.0. The minimum Gasteiger partial charge on any atom is -0.494 e. The molecule has 12 heteroatoms. The van der Waals surface area contributed by atoms with Crippen LogP contribution in [0.15, 0.2) is 218 Å². The van der Waals surface area contributed by atoms with Gasteiger partial charge in [-0.25, -0.2) is 14.8 Å². The third kappa shape index (κ3) is 12.8. The summed E-state index contributed by atoms with van der Waals surface area (Å²) in [6.45, 7) is 12.6. The molecule has 0 radical (unpaired) electrons. The Hall–Kier alpha value is -12.7. The highest BCUT2D eigenvalue weighted by Crippen LogP contribution is 2.39. The van der Waals surface area contributed by atoms with Crippen LogP contribution in [0.1, 0.15) is 23.9 Å². The van der Waals surface area contributed by atoms with Crippen LogP contribution >= 0.6 is 22.7 Å². The molecule has 0 spiro atoms. The average molecular weight is 1210 g/mol. The minimum atomic E-state index is -0.598. The molecular weight excluding hydrogens is 1160 g/mol. The van der Waals surface area contributed by atoms with Crippen LogP contribution in [0.5, 0.6) is 11.5 Å². The number of hydrogen-bond acceptors (Lipinski definition) is 7. The number of hydrogen-bond donors (Lipinski definition) is 0.